The second kappa shape index (κ2) is 9.46. The second-order valence-corrected chi connectivity index (χ2v) is 6.37. The number of alkyl carbamates (subject to hydrolysis) is 1. The van der Waals surface area contributed by atoms with E-state index in [-0.39, 0.29) is 26.2 Å². The number of carbonyl (C=O) groups is 1. The molecule has 0 saturated heterocycles. The van der Waals surface area contributed by atoms with Crippen LogP contribution < -0.4 is 10.1 Å². The molecular formula is C17H27NO6. The average molecular weight is 341 g/mol. The Hall–Kier alpha value is -1.83. The summed E-state index contributed by atoms with van der Waals surface area (Å²) in [5.41, 5.74) is -0.0432. The van der Waals surface area contributed by atoms with Crippen molar-refractivity contribution >= 4 is 6.09 Å². The zero-order valence-corrected chi connectivity index (χ0v) is 14.4. The van der Waals surface area contributed by atoms with Crippen LogP contribution in [0.25, 0.3) is 0 Å². The van der Waals surface area contributed by atoms with Crippen molar-refractivity contribution in [3.63, 3.8) is 0 Å². The van der Waals surface area contributed by atoms with Gasteiger partial charge in [-0.2, -0.15) is 0 Å². The van der Waals surface area contributed by atoms with Gasteiger partial charge in [0.1, 0.15) is 24.1 Å². The number of aliphatic hydroxyl groups excluding tert-OH is 3. The highest BCUT2D eigenvalue weighted by molar-refractivity contribution is 5.67. The zero-order valence-electron chi connectivity index (χ0n) is 14.4. The first kappa shape index (κ1) is 20.2. The maximum atomic E-state index is 11.5. The first-order valence-corrected chi connectivity index (χ1v) is 7.89. The molecule has 136 valence electrons. The van der Waals surface area contributed by atoms with Crippen molar-refractivity contribution < 1.29 is 29.6 Å². The van der Waals surface area contributed by atoms with Crippen LogP contribution in [0.15, 0.2) is 24.3 Å². The number of nitrogens with one attached hydrogen (secondary N) is 1. The van der Waals surface area contributed by atoms with E-state index in [9.17, 15) is 15.0 Å². The molecule has 2 atom stereocenters. The summed E-state index contributed by atoms with van der Waals surface area (Å²) in [6, 6.07) is 6.59. The Balaban J connectivity index is 2.41. The summed E-state index contributed by atoms with van der Waals surface area (Å²) < 4.78 is 10.3. The van der Waals surface area contributed by atoms with Crippen molar-refractivity contribution in [2.75, 3.05) is 19.8 Å². The molecule has 7 nitrogen and oxygen atoms in total. The van der Waals surface area contributed by atoms with Crippen LogP contribution in [0.5, 0.6) is 5.75 Å². The molecule has 0 aromatic heterocycles. The van der Waals surface area contributed by atoms with E-state index >= 15 is 0 Å². The number of hydrogen-bond donors (Lipinski definition) is 4. The molecule has 0 radical (unpaired) electrons. The third-order valence-electron chi connectivity index (χ3n) is 3.05. The maximum Gasteiger partial charge on any atom is 0.407 e. The van der Waals surface area contributed by atoms with Crippen molar-refractivity contribution in [2.45, 2.75) is 45.0 Å². The van der Waals surface area contributed by atoms with Crippen LogP contribution in [0.1, 0.15) is 38.9 Å². The van der Waals surface area contributed by atoms with E-state index in [0.29, 0.717) is 11.3 Å². The first-order valence-electron chi connectivity index (χ1n) is 7.89. The van der Waals surface area contributed by atoms with Crippen LogP contribution in [-0.2, 0) is 4.74 Å². The van der Waals surface area contributed by atoms with Crippen LogP contribution in [-0.4, -0.2) is 52.9 Å². The molecule has 0 bridgehead atoms. The normalized spacial score (nSPS) is 13.9. The van der Waals surface area contributed by atoms with E-state index in [1.165, 1.54) is 0 Å². The summed E-state index contributed by atoms with van der Waals surface area (Å²) in [5, 5.41) is 31.4. The largest absolute Gasteiger partial charge is 0.491 e. The number of rotatable bonds is 8. The van der Waals surface area contributed by atoms with Crippen LogP contribution in [0, 0.1) is 0 Å². The van der Waals surface area contributed by atoms with E-state index < -0.39 is 23.9 Å². The minimum Gasteiger partial charge on any atom is -0.491 e. The van der Waals surface area contributed by atoms with Crippen molar-refractivity contribution in [1.29, 1.82) is 0 Å². The molecule has 0 saturated carbocycles. The van der Waals surface area contributed by atoms with E-state index in [0.717, 1.165) is 0 Å². The van der Waals surface area contributed by atoms with Gasteiger partial charge in [-0.15, -0.1) is 0 Å². The van der Waals surface area contributed by atoms with Gasteiger partial charge in [-0.1, -0.05) is 12.1 Å². The molecule has 4 N–H and O–H groups in total. The van der Waals surface area contributed by atoms with Gasteiger partial charge in [-0.3, -0.25) is 0 Å². The number of carbonyl (C=O) groups excluding carboxylic acids is 1. The van der Waals surface area contributed by atoms with Crippen molar-refractivity contribution in [3.05, 3.63) is 29.8 Å². The predicted octanol–water partition coefficient (Wildman–Crippen LogP) is 1.37. The number of amides is 1. The fourth-order valence-electron chi connectivity index (χ4n) is 1.94. The smallest absolute Gasteiger partial charge is 0.407 e. The summed E-state index contributed by atoms with van der Waals surface area (Å²) in [6.45, 7) is 5.59. The molecule has 1 rings (SSSR count). The fourth-order valence-corrected chi connectivity index (χ4v) is 1.94. The minimum atomic E-state index is -1.07. The molecular weight excluding hydrogens is 314 g/mol. The highest BCUT2D eigenvalue weighted by Gasteiger charge is 2.20. The quantitative estimate of drug-likeness (QED) is 0.569. The SMILES string of the molecule is CC(C)(C)OC(=O)NCCC(O)C(O)c1ccc(OCCO)cc1. The van der Waals surface area contributed by atoms with Gasteiger partial charge < -0.3 is 30.1 Å². The number of aliphatic hydroxyl groups is 3. The Morgan fingerprint density at radius 2 is 1.83 bits per heavy atom. The van der Waals surface area contributed by atoms with Crippen LogP contribution >= 0.6 is 0 Å². The first-order chi connectivity index (χ1) is 11.2. The third kappa shape index (κ3) is 7.63. The number of ether oxygens (including phenoxy) is 2. The lowest BCUT2D eigenvalue weighted by molar-refractivity contribution is 0.0123. The van der Waals surface area contributed by atoms with E-state index in [2.05, 4.69) is 5.32 Å². The second-order valence-electron chi connectivity index (χ2n) is 6.37. The van der Waals surface area contributed by atoms with Gasteiger partial charge >= 0.3 is 6.09 Å². The Labute approximate surface area is 142 Å². The van der Waals surface area contributed by atoms with Crippen molar-refractivity contribution in [3.8, 4) is 5.75 Å². The summed E-state index contributed by atoms with van der Waals surface area (Å²) in [4.78, 5) is 11.5. The molecule has 0 aliphatic rings. The van der Waals surface area contributed by atoms with Gasteiger partial charge in [0.15, 0.2) is 0 Å². The van der Waals surface area contributed by atoms with Gasteiger partial charge in [0.05, 0.1) is 12.7 Å². The Morgan fingerprint density at radius 3 is 2.38 bits per heavy atom. The molecule has 24 heavy (non-hydrogen) atoms. The van der Waals surface area contributed by atoms with Gasteiger partial charge in [-0.05, 0) is 44.9 Å². The van der Waals surface area contributed by atoms with Crippen LogP contribution in [0.2, 0.25) is 0 Å². The van der Waals surface area contributed by atoms with E-state index in [1.54, 1.807) is 45.0 Å². The molecule has 0 spiro atoms. The van der Waals surface area contributed by atoms with Gasteiger partial charge in [0, 0.05) is 6.54 Å². The Bertz CT molecular complexity index is 497. The van der Waals surface area contributed by atoms with Crippen molar-refractivity contribution in [1.82, 2.24) is 5.32 Å². The van der Waals surface area contributed by atoms with Crippen molar-refractivity contribution in [2.24, 2.45) is 0 Å². The molecule has 7 heteroatoms. The summed E-state index contributed by atoms with van der Waals surface area (Å²) in [6.07, 6.45) is -2.47. The molecule has 0 fully saturated rings. The van der Waals surface area contributed by atoms with Gasteiger partial charge in [-0.25, -0.2) is 4.79 Å². The molecule has 1 aromatic rings. The monoisotopic (exact) mass is 341 g/mol. The van der Waals surface area contributed by atoms with Gasteiger partial charge in [0.25, 0.3) is 0 Å². The molecule has 2 unspecified atom stereocenters. The van der Waals surface area contributed by atoms with E-state index in [1.807, 2.05) is 0 Å². The Morgan fingerprint density at radius 1 is 1.21 bits per heavy atom. The molecule has 1 aromatic carbocycles. The highest BCUT2D eigenvalue weighted by atomic mass is 16.6. The van der Waals surface area contributed by atoms with Crippen LogP contribution in [0.4, 0.5) is 4.79 Å². The number of benzene rings is 1. The maximum absolute atomic E-state index is 11.5. The lowest BCUT2D eigenvalue weighted by Crippen LogP contribution is -2.34. The summed E-state index contributed by atoms with van der Waals surface area (Å²) in [5.74, 6) is 0.570. The molecule has 0 aliphatic heterocycles. The fraction of sp³-hybridized carbons (Fsp3) is 0.588. The lowest BCUT2D eigenvalue weighted by atomic mass is 10.0. The Kier molecular flexibility index (Phi) is 7.97. The van der Waals surface area contributed by atoms with E-state index in [4.69, 9.17) is 14.6 Å². The summed E-state index contributed by atoms with van der Waals surface area (Å²) in [7, 11) is 0. The lowest BCUT2D eigenvalue weighted by Gasteiger charge is -2.21. The third-order valence-corrected chi connectivity index (χ3v) is 3.05. The summed E-state index contributed by atoms with van der Waals surface area (Å²) >= 11 is 0. The zero-order chi connectivity index (χ0) is 18.2. The molecule has 1 amide bonds. The average Bonchev–Trinajstić information content (AvgIpc) is 2.50. The number of hydrogen-bond acceptors (Lipinski definition) is 6. The topological polar surface area (TPSA) is 108 Å². The van der Waals surface area contributed by atoms with Gasteiger partial charge in [0.2, 0.25) is 0 Å². The van der Waals surface area contributed by atoms with Crippen LogP contribution in [0.3, 0.4) is 0 Å². The standard InChI is InChI=1S/C17H27NO6/c1-17(2,3)24-16(22)18-9-8-14(20)15(21)12-4-6-13(7-5-12)23-11-10-19/h4-7,14-15,19-21H,8-11H2,1-3H3,(H,18,22). The predicted molar refractivity (Wildman–Crippen MR) is 88.8 cm³/mol. The molecule has 0 aliphatic carbocycles. The minimum absolute atomic E-state index is 0.0757. The molecule has 0 heterocycles. The highest BCUT2D eigenvalue weighted by Crippen LogP contribution is 2.21.